The number of halogens is 1. The Morgan fingerprint density at radius 2 is 1.86 bits per heavy atom. The van der Waals surface area contributed by atoms with Gasteiger partial charge in [-0.25, -0.2) is 4.79 Å². The van der Waals surface area contributed by atoms with Gasteiger partial charge in [-0.3, -0.25) is 0 Å². The van der Waals surface area contributed by atoms with Crippen LogP contribution in [0.3, 0.4) is 0 Å². The maximum absolute atomic E-state index is 12.0. The molecule has 2 aromatic carbocycles. The van der Waals surface area contributed by atoms with Crippen LogP contribution in [0.5, 0.6) is 11.5 Å². The van der Waals surface area contributed by atoms with E-state index < -0.39 is 5.97 Å². The molecule has 22 heavy (non-hydrogen) atoms. The summed E-state index contributed by atoms with van der Waals surface area (Å²) in [6.07, 6.45) is 1.44. The largest absolute Gasteiger partial charge is 0.497 e. The Kier molecular flexibility index (Phi) is 5.18. The molecule has 4 nitrogen and oxygen atoms in total. The Morgan fingerprint density at radius 3 is 2.45 bits per heavy atom. The molecular formula is C17H12ClNO3. The maximum atomic E-state index is 12.0. The molecule has 0 heterocycles. The average Bonchev–Trinajstić information content (AvgIpc) is 2.55. The molecule has 0 saturated heterocycles. The maximum Gasteiger partial charge on any atom is 0.354 e. The third kappa shape index (κ3) is 3.87. The molecule has 2 aromatic rings. The number of methoxy groups -OCH3 is 1. The molecule has 0 unspecified atom stereocenters. The minimum absolute atomic E-state index is 0.120. The minimum Gasteiger partial charge on any atom is -0.497 e. The number of carbonyl (C=O) groups excluding carboxylic acids is 1. The van der Waals surface area contributed by atoms with Gasteiger partial charge in [0.1, 0.15) is 23.1 Å². The van der Waals surface area contributed by atoms with Crippen molar-refractivity contribution in [3.05, 3.63) is 64.7 Å². The van der Waals surface area contributed by atoms with Crippen molar-refractivity contribution >= 4 is 23.6 Å². The normalized spacial score (nSPS) is 10.7. The third-order valence-electron chi connectivity index (χ3n) is 2.81. The molecule has 0 aliphatic rings. The van der Waals surface area contributed by atoms with Crippen molar-refractivity contribution in [3.63, 3.8) is 0 Å². The number of ether oxygens (including phenoxy) is 2. The lowest BCUT2D eigenvalue weighted by Crippen LogP contribution is -2.10. The van der Waals surface area contributed by atoms with E-state index in [9.17, 15) is 4.79 Å². The standard InChI is InChI=1S/C17H12ClNO3/c1-21-14-8-6-12(7-9-14)10-13(11-19)17(20)22-16-5-3-2-4-15(16)18/h2-10H,1H3/b13-10+. The Hall–Kier alpha value is -2.77. The smallest absolute Gasteiger partial charge is 0.354 e. The first-order valence-corrected chi connectivity index (χ1v) is 6.74. The van der Waals surface area contributed by atoms with E-state index in [1.54, 1.807) is 55.6 Å². The van der Waals surface area contributed by atoms with Gasteiger partial charge in [0.05, 0.1) is 12.1 Å². The molecule has 0 atom stereocenters. The van der Waals surface area contributed by atoms with Crippen LogP contribution in [-0.4, -0.2) is 13.1 Å². The van der Waals surface area contributed by atoms with E-state index in [1.807, 2.05) is 6.07 Å². The minimum atomic E-state index is -0.758. The summed E-state index contributed by atoms with van der Waals surface area (Å²) in [5.41, 5.74) is 0.568. The van der Waals surface area contributed by atoms with E-state index in [0.29, 0.717) is 16.3 Å². The lowest BCUT2D eigenvalue weighted by atomic mass is 10.1. The highest BCUT2D eigenvalue weighted by Gasteiger charge is 2.13. The van der Waals surface area contributed by atoms with Crippen LogP contribution in [0.2, 0.25) is 5.02 Å². The van der Waals surface area contributed by atoms with Crippen LogP contribution in [0.1, 0.15) is 5.56 Å². The molecule has 0 aliphatic heterocycles. The van der Waals surface area contributed by atoms with Gasteiger partial charge in [-0.1, -0.05) is 35.9 Å². The van der Waals surface area contributed by atoms with Crippen LogP contribution < -0.4 is 9.47 Å². The number of para-hydroxylation sites is 1. The number of hydrogen-bond acceptors (Lipinski definition) is 4. The second-order valence-electron chi connectivity index (χ2n) is 4.26. The molecule has 0 radical (unpaired) electrons. The first kappa shape index (κ1) is 15.6. The molecule has 0 spiro atoms. The molecule has 0 fully saturated rings. The summed E-state index contributed by atoms with van der Waals surface area (Å²) in [6.45, 7) is 0. The van der Waals surface area contributed by atoms with Gasteiger partial charge in [0.2, 0.25) is 0 Å². The Labute approximate surface area is 133 Å². The quantitative estimate of drug-likeness (QED) is 0.372. The van der Waals surface area contributed by atoms with Crippen molar-refractivity contribution in [1.82, 2.24) is 0 Å². The zero-order valence-electron chi connectivity index (χ0n) is 11.7. The Balaban J connectivity index is 2.20. The number of nitriles is 1. The fourth-order valence-electron chi connectivity index (χ4n) is 1.69. The van der Waals surface area contributed by atoms with Gasteiger partial charge >= 0.3 is 5.97 Å². The second-order valence-corrected chi connectivity index (χ2v) is 4.67. The second kappa shape index (κ2) is 7.30. The van der Waals surface area contributed by atoms with E-state index in [1.165, 1.54) is 6.08 Å². The van der Waals surface area contributed by atoms with Crippen molar-refractivity contribution < 1.29 is 14.3 Å². The van der Waals surface area contributed by atoms with Crippen molar-refractivity contribution in [2.45, 2.75) is 0 Å². The Bertz CT molecular complexity index is 745. The summed E-state index contributed by atoms with van der Waals surface area (Å²) in [4.78, 5) is 12.0. The van der Waals surface area contributed by atoms with Crippen LogP contribution in [0, 0.1) is 11.3 Å². The lowest BCUT2D eigenvalue weighted by molar-refractivity contribution is -0.129. The summed E-state index contributed by atoms with van der Waals surface area (Å²) in [6, 6.07) is 15.3. The number of nitrogens with zero attached hydrogens (tertiary/aromatic N) is 1. The molecular weight excluding hydrogens is 302 g/mol. The SMILES string of the molecule is COc1ccc(/C=C(\C#N)C(=O)Oc2ccccc2Cl)cc1. The van der Waals surface area contributed by atoms with Gasteiger partial charge in [0.15, 0.2) is 0 Å². The van der Waals surface area contributed by atoms with Gasteiger partial charge in [-0.15, -0.1) is 0 Å². The van der Waals surface area contributed by atoms with E-state index in [4.69, 9.17) is 26.3 Å². The topological polar surface area (TPSA) is 59.3 Å². The lowest BCUT2D eigenvalue weighted by Gasteiger charge is -2.05. The van der Waals surface area contributed by atoms with E-state index in [2.05, 4.69) is 0 Å². The number of benzene rings is 2. The molecule has 2 rings (SSSR count). The van der Waals surface area contributed by atoms with Crippen LogP contribution >= 0.6 is 11.6 Å². The molecule has 0 N–H and O–H groups in total. The van der Waals surface area contributed by atoms with Crippen LogP contribution in [-0.2, 0) is 4.79 Å². The fraction of sp³-hybridized carbons (Fsp3) is 0.0588. The van der Waals surface area contributed by atoms with Crippen molar-refractivity contribution in [1.29, 1.82) is 5.26 Å². The molecule has 5 heteroatoms. The predicted molar refractivity (Wildman–Crippen MR) is 83.7 cm³/mol. The monoisotopic (exact) mass is 313 g/mol. The third-order valence-corrected chi connectivity index (χ3v) is 3.12. The molecule has 0 aliphatic carbocycles. The zero-order chi connectivity index (χ0) is 15.9. The van der Waals surface area contributed by atoms with Crippen molar-refractivity contribution in [2.75, 3.05) is 7.11 Å². The number of rotatable bonds is 4. The van der Waals surface area contributed by atoms with E-state index in [0.717, 1.165) is 0 Å². The Morgan fingerprint density at radius 1 is 1.18 bits per heavy atom. The molecule has 0 amide bonds. The summed E-state index contributed by atoms with van der Waals surface area (Å²) < 4.78 is 10.2. The first-order chi connectivity index (χ1) is 10.6. The van der Waals surface area contributed by atoms with Crippen molar-refractivity contribution in [2.24, 2.45) is 0 Å². The molecule has 0 bridgehead atoms. The number of hydrogen-bond donors (Lipinski definition) is 0. The summed E-state index contributed by atoms with van der Waals surface area (Å²) in [5, 5.41) is 9.43. The zero-order valence-corrected chi connectivity index (χ0v) is 12.5. The van der Waals surface area contributed by atoms with Crippen LogP contribution in [0.4, 0.5) is 0 Å². The van der Waals surface area contributed by atoms with Gasteiger partial charge < -0.3 is 9.47 Å². The predicted octanol–water partition coefficient (Wildman–Crippen LogP) is 3.86. The van der Waals surface area contributed by atoms with E-state index >= 15 is 0 Å². The molecule has 0 aromatic heterocycles. The number of esters is 1. The highest BCUT2D eigenvalue weighted by Crippen LogP contribution is 2.24. The molecule has 110 valence electrons. The van der Waals surface area contributed by atoms with Crippen LogP contribution in [0.25, 0.3) is 6.08 Å². The van der Waals surface area contributed by atoms with Crippen molar-refractivity contribution in [3.8, 4) is 17.6 Å². The van der Waals surface area contributed by atoms with E-state index in [-0.39, 0.29) is 11.3 Å². The fourth-order valence-corrected chi connectivity index (χ4v) is 1.86. The highest BCUT2D eigenvalue weighted by atomic mass is 35.5. The van der Waals surface area contributed by atoms with Gasteiger partial charge in [-0.2, -0.15) is 5.26 Å². The van der Waals surface area contributed by atoms with Gasteiger partial charge in [-0.05, 0) is 35.9 Å². The first-order valence-electron chi connectivity index (χ1n) is 6.36. The summed E-state index contributed by atoms with van der Waals surface area (Å²) in [7, 11) is 1.56. The average molecular weight is 314 g/mol. The number of carbonyl (C=O) groups is 1. The summed E-state index contributed by atoms with van der Waals surface area (Å²) >= 11 is 5.92. The van der Waals surface area contributed by atoms with Crippen LogP contribution in [0.15, 0.2) is 54.1 Å². The highest BCUT2D eigenvalue weighted by molar-refractivity contribution is 6.32. The summed E-state index contributed by atoms with van der Waals surface area (Å²) in [5.74, 6) is 0.144. The molecule has 0 saturated carbocycles. The van der Waals surface area contributed by atoms with Gasteiger partial charge in [0, 0.05) is 0 Å². The van der Waals surface area contributed by atoms with Gasteiger partial charge in [0.25, 0.3) is 0 Å².